The number of alkyl halides is 1. The zero-order valence-electron chi connectivity index (χ0n) is 7.53. The number of hydrogen-bond donors (Lipinski definition) is 1. The fourth-order valence-electron chi connectivity index (χ4n) is 1.96. The summed E-state index contributed by atoms with van der Waals surface area (Å²) in [5, 5.41) is 2.66. The molecular formula is C8H10BrNO4. The summed E-state index contributed by atoms with van der Waals surface area (Å²) in [5.41, 5.74) is 0. The molecule has 2 aliphatic rings. The first kappa shape index (κ1) is 9.76. The van der Waals surface area contributed by atoms with E-state index in [0.29, 0.717) is 6.42 Å². The van der Waals surface area contributed by atoms with Crippen molar-refractivity contribution in [2.24, 2.45) is 5.92 Å². The average Bonchev–Trinajstić information content (AvgIpc) is 2.64. The second-order valence-electron chi connectivity index (χ2n) is 3.43. The van der Waals surface area contributed by atoms with E-state index in [1.54, 1.807) is 0 Å². The van der Waals surface area contributed by atoms with Crippen LogP contribution in [0, 0.1) is 5.92 Å². The Morgan fingerprint density at radius 1 is 1.71 bits per heavy atom. The van der Waals surface area contributed by atoms with E-state index in [1.807, 2.05) is 0 Å². The number of fused-ring (bicyclic) bond motifs is 1. The highest BCUT2D eigenvalue weighted by Gasteiger charge is 2.52. The van der Waals surface area contributed by atoms with Crippen LogP contribution in [0.2, 0.25) is 0 Å². The number of ether oxygens (including phenoxy) is 2. The molecule has 0 spiro atoms. The van der Waals surface area contributed by atoms with E-state index < -0.39 is 6.09 Å². The van der Waals surface area contributed by atoms with Gasteiger partial charge in [-0.3, -0.25) is 4.79 Å². The van der Waals surface area contributed by atoms with Crippen molar-refractivity contribution in [1.82, 2.24) is 5.32 Å². The molecule has 1 saturated heterocycles. The van der Waals surface area contributed by atoms with Crippen molar-refractivity contribution in [2.75, 3.05) is 7.11 Å². The van der Waals surface area contributed by atoms with Crippen molar-refractivity contribution in [2.45, 2.75) is 23.4 Å². The zero-order chi connectivity index (χ0) is 10.3. The number of carbonyl (C=O) groups is 2. The quantitative estimate of drug-likeness (QED) is 0.550. The van der Waals surface area contributed by atoms with E-state index in [9.17, 15) is 9.59 Å². The first-order chi connectivity index (χ1) is 6.63. The molecule has 14 heavy (non-hydrogen) atoms. The molecule has 78 valence electrons. The molecule has 1 amide bonds. The minimum atomic E-state index is -0.409. The van der Waals surface area contributed by atoms with Gasteiger partial charge in [-0.05, 0) is 6.42 Å². The maximum absolute atomic E-state index is 11.3. The number of alkyl carbamates (subject to hydrolysis) is 1. The van der Waals surface area contributed by atoms with Crippen LogP contribution in [0.5, 0.6) is 0 Å². The van der Waals surface area contributed by atoms with Gasteiger partial charge in [-0.15, -0.1) is 0 Å². The zero-order valence-corrected chi connectivity index (χ0v) is 9.11. The van der Waals surface area contributed by atoms with Crippen molar-refractivity contribution in [3.63, 3.8) is 0 Å². The van der Waals surface area contributed by atoms with Gasteiger partial charge in [0.25, 0.3) is 0 Å². The third-order valence-corrected chi connectivity index (χ3v) is 3.81. The first-order valence-corrected chi connectivity index (χ1v) is 5.24. The Morgan fingerprint density at radius 3 is 3.00 bits per heavy atom. The van der Waals surface area contributed by atoms with Crippen LogP contribution in [0.3, 0.4) is 0 Å². The molecule has 0 bridgehead atoms. The van der Waals surface area contributed by atoms with Crippen LogP contribution in [0.4, 0.5) is 4.79 Å². The Labute approximate surface area is 89.2 Å². The molecule has 0 aromatic rings. The third kappa shape index (κ3) is 1.37. The summed E-state index contributed by atoms with van der Waals surface area (Å²) in [5.74, 6) is -0.505. The predicted octanol–water partition coefficient (Wildman–Crippen LogP) is 0.420. The molecule has 4 atom stereocenters. The number of amides is 1. The molecule has 1 unspecified atom stereocenters. The minimum Gasteiger partial charge on any atom is -0.469 e. The Balaban J connectivity index is 2.09. The lowest BCUT2D eigenvalue weighted by Crippen LogP contribution is -2.29. The summed E-state index contributed by atoms with van der Waals surface area (Å²) >= 11 is 3.36. The SMILES string of the molecule is COC(=O)[C@@H]1C[C@@H]2NC(=O)O[C@@H]2C1Br. The molecule has 1 aliphatic heterocycles. The Bertz CT molecular complexity index is 283. The predicted molar refractivity (Wildman–Crippen MR) is 50.0 cm³/mol. The van der Waals surface area contributed by atoms with Gasteiger partial charge in [-0.1, -0.05) is 15.9 Å². The number of nitrogens with one attached hydrogen (secondary N) is 1. The van der Waals surface area contributed by atoms with Crippen LogP contribution in [0.25, 0.3) is 0 Å². The Hall–Kier alpha value is -0.780. The monoisotopic (exact) mass is 263 g/mol. The van der Waals surface area contributed by atoms with Gasteiger partial charge in [0.15, 0.2) is 0 Å². The van der Waals surface area contributed by atoms with Gasteiger partial charge < -0.3 is 14.8 Å². The van der Waals surface area contributed by atoms with E-state index in [4.69, 9.17) is 4.74 Å². The van der Waals surface area contributed by atoms with Crippen LogP contribution < -0.4 is 5.32 Å². The lowest BCUT2D eigenvalue weighted by atomic mass is 10.1. The fourth-order valence-corrected chi connectivity index (χ4v) is 2.87. The molecule has 0 aromatic carbocycles. The standard InChI is InChI=1S/C8H10BrNO4/c1-13-7(11)3-2-4-6(5(3)9)14-8(12)10-4/h3-6H,2H2,1H3,(H,10,12)/t3-,4+,5?,6+/m1/s1. The highest BCUT2D eigenvalue weighted by atomic mass is 79.9. The summed E-state index contributed by atoms with van der Waals surface area (Å²) < 4.78 is 9.68. The Kier molecular flexibility index (Phi) is 2.38. The van der Waals surface area contributed by atoms with Crippen LogP contribution in [-0.2, 0) is 14.3 Å². The number of hydrogen-bond acceptors (Lipinski definition) is 4. The highest BCUT2D eigenvalue weighted by molar-refractivity contribution is 9.09. The van der Waals surface area contributed by atoms with Gasteiger partial charge in [0.05, 0.1) is 23.9 Å². The normalized spacial score (nSPS) is 40.0. The molecule has 0 radical (unpaired) electrons. The second-order valence-corrected chi connectivity index (χ2v) is 4.49. The lowest BCUT2D eigenvalue weighted by Gasteiger charge is -2.14. The maximum atomic E-state index is 11.3. The van der Waals surface area contributed by atoms with Gasteiger partial charge in [-0.25, -0.2) is 4.79 Å². The maximum Gasteiger partial charge on any atom is 0.407 e. The molecule has 1 heterocycles. The largest absolute Gasteiger partial charge is 0.469 e. The summed E-state index contributed by atoms with van der Waals surface area (Å²) in [6, 6.07) is -0.0732. The molecular weight excluding hydrogens is 254 g/mol. The van der Waals surface area contributed by atoms with Crippen LogP contribution >= 0.6 is 15.9 Å². The average molecular weight is 264 g/mol. The third-order valence-electron chi connectivity index (χ3n) is 2.65. The second kappa shape index (κ2) is 3.42. The lowest BCUT2D eigenvalue weighted by molar-refractivity contribution is -0.145. The molecule has 1 N–H and O–H groups in total. The molecule has 1 saturated carbocycles. The van der Waals surface area contributed by atoms with Crippen LogP contribution in [0.15, 0.2) is 0 Å². The molecule has 0 aromatic heterocycles. The van der Waals surface area contributed by atoms with E-state index in [0.717, 1.165) is 0 Å². The van der Waals surface area contributed by atoms with Crippen molar-refractivity contribution in [1.29, 1.82) is 0 Å². The topological polar surface area (TPSA) is 64.6 Å². The van der Waals surface area contributed by atoms with Gasteiger partial charge in [-0.2, -0.15) is 0 Å². The first-order valence-electron chi connectivity index (χ1n) is 4.32. The van der Waals surface area contributed by atoms with Gasteiger partial charge in [0, 0.05) is 0 Å². The summed E-state index contributed by atoms with van der Waals surface area (Å²) in [7, 11) is 1.36. The van der Waals surface area contributed by atoms with Gasteiger partial charge in [0.1, 0.15) is 6.10 Å². The number of halogens is 1. The summed E-state index contributed by atoms with van der Waals surface area (Å²) in [6.07, 6.45) is -0.0988. The minimum absolute atomic E-state index is 0.0732. The van der Waals surface area contributed by atoms with Crippen molar-refractivity contribution in [3.05, 3.63) is 0 Å². The van der Waals surface area contributed by atoms with Crippen LogP contribution in [-0.4, -0.2) is 36.1 Å². The van der Waals surface area contributed by atoms with Gasteiger partial charge in [0.2, 0.25) is 0 Å². The van der Waals surface area contributed by atoms with Crippen molar-refractivity contribution < 1.29 is 19.1 Å². The van der Waals surface area contributed by atoms with Crippen LogP contribution in [0.1, 0.15) is 6.42 Å². The van der Waals surface area contributed by atoms with E-state index >= 15 is 0 Å². The summed E-state index contributed by atoms with van der Waals surface area (Å²) in [6.45, 7) is 0. The Morgan fingerprint density at radius 2 is 2.43 bits per heavy atom. The molecule has 1 aliphatic carbocycles. The number of rotatable bonds is 1. The van der Waals surface area contributed by atoms with Crippen molar-refractivity contribution in [3.8, 4) is 0 Å². The molecule has 2 fully saturated rings. The van der Waals surface area contributed by atoms with E-state index in [1.165, 1.54) is 7.11 Å². The fraction of sp³-hybridized carbons (Fsp3) is 0.750. The molecule has 5 nitrogen and oxygen atoms in total. The van der Waals surface area contributed by atoms with E-state index in [2.05, 4.69) is 26.0 Å². The highest BCUT2D eigenvalue weighted by Crippen LogP contribution is 2.37. The van der Waals surface area contributed by atoms with Crippen molar-refractivity contribution >= 4 is 28.0 Å². The molecule has 2 rings (SSSR count). The number of esters is 1. The smallest absolute Gasteiger partial charge is 0.407 e. The van der Waals surface area contributed by atoms with Gasteiger partial charge >= 0.3 is 12.1 Å². The number of carbonyl (C=O) groups excluding carboxylic acids is 2. The molecule has 6 heteroatoms. The summed E-state index contributed by atoms with van der Waals surface area (Å²) in [4.78, 5) is 22.0. The van der Waals surface area contributed by atoms with E-state index in [-0.39, 0.29) is 28.9 Å². The number of methoxy groups -OCH3 is 1.